The third kappa shape index (κ3) is 2.53. The first-order chi connectivity index (χ1) is 7.25. The Labute approximate surface area is 87.0 Å². The van der Waals surface area contributed by atoms with Gasteiger partial charge >= 0.3 is 0 Å². The quantitative estimate of drug-likeness (QED) is 0.771. The van der Waals surface area contributed by atoms with Gasteiger partial charge in [0.05, 0.1) is 6.54 Å². The van der Waals surface area contributed by atoms with Crippen molar-refractivity contribution in [3.63, 3.8) is 0 Å². The number of amides is 1. The molecule has 1 aromatic heterocycles. The van der Waals surface area contributed by atoms with Gasteiger partial charge in [-0.25, -0.2) is 0 Å². The Morgan fingerprint density at radius 3 is 3.13 bits per heavy atom. The van der Waals surface area contributed by atoms with Crippen LogP contribution in [-0.4, -0.2) is 28.8 Å². The Kier molecular flexibility index (Phi) is 2.96. The first-order valence-electron chi connectivity index (χ1n) is 4.94. The number of hydrogen-bond donors (Lipinski definition) is 1. The molecule has 15 heavy (non-hydrogen) atoms. The lowest BCUT2D eigenvalue weighted by atomic mass is 10.2. The fourth-order valence-corrected chi connectivity index (χ4v) is 1.47. The van der Waals surface area contributed by atoms with Crippen molar-refractivity contribution in [2.45, 2.75) is 32.4 Å². The predicted molar refractivity (Wildman–Crippen MR) is 49.9 cm³/mol. The number of rotatable bonds is 3. The molecule has 0 saturated carbocycles. The Hall–Kier alpha value is -1.43. The van der Waals surface area contributed by atoms with Crippen LogP contribution in [0.1, 0.15) is 24.6 Å². The highest BCUT2D eigenvalue weighted by atomic mass is 16.5. The fourth-order valence-electron chi connectivity index (χ4n) is 1.47. The van der Waals surface area contributed by atoms with Crippen LogP contribution >= 0.6 is 0 Å². The van der Waals surface area contributed by atoms with Gasteiger partial charge in [0, 0.05) is 6.61 Å². The lowest BCUT2D eigenvalue weighted by molar-refractivity contribution is -0.130. The monoisotopic (exact) mass is 211 g/mol. The number of aryl methyl sites for hydroxylation is 1. The van der Waals surface area contributed by atoms with E-state index in [2.05, 4.69) is 15.5 Å². The normalized spacial score (nSPS) is 20.5. The van der Waals surface area contributed by atoms with Crippen LogP contribution in [0.4, 0.5) is 0 Å². The lowest BCUT2D eigenvalue weighted by Gasteiger charge is -2.07. The minimum atomic E-state index is -0.311. The third-order valence-corrected chi connectivity index (χ3v) is 2.21. The van der Waals surface area contributed by atoms with Crippen LogP contribution < -0.4 is 5.32 Å². The minimum absolute atomic E-state index is 0.108. The number of carbonyl (C=O) groups excluding carboxylic acids is 1. The standard InChI is InChI=1S/C9H13N3O3/c1-6-11-8(15-12-6)5-10-9(13)7-3-2-4-14-7/h7H,2-5H2,1H3,(H,10,13). The summed E-state index contributed by atoms with van der Waals surface area (Å²) in [5.74, 6) is 0.874. The zero-order valence-electron chi connectivity index (χ0n) is 8.52. The lowest BCUT2D eigenvalue weighted by Crippen LogP contribution is -2.33. The van der Waals surface area contributed by atoms with Crippen molar-refractivity contribution < 1.29 is 14.1 Å². The van der Waals surface area contributed by atoms with E-state index in [0.29, 0.717) is 18.3 Å². The number of ether oxygens (including phenoxy) is 1. The van der Waals surface area contributed by atoms with Crippen molar-refractivity contribution in [1.29, 1.82) is 0 Å². The maximum Gasteiger partial charge on any atom is 0.249 e. The van der Waals surface area contributed by atoms with E-state index >= 15 is 0 Å². The number of carbonyl (C=O) groups is 1. The maximum atomic E-state index is 11.5. The van der Waals surface area contributed by atoms with Gasteiger partial charge in [-0.05, 0) is 19.8 Å². The number of nitrogens with one attached hydrogen (secondary N) is 1. The van der Waals surface area contributed by atoms with Crippen molar-refractivity contribution in [2.75, 3.05) is 6.61 Å². The molecule has 2 rings (SSSR count). The van der Waals surface area contributed by atoms with E-state index in [9.17, 15) is 4.79 Å². The van der Waals surface area contributed by atoms with Crippen LogP contribution in [0.3, 0.4) is 0 Å². The van der Waals surface area contributed by atoms with Gasteiger partial charge in [-0.15, -0.1) is 0 Å². The largest absolute Gasteiger partial charge is 0.368 e. The summed E-state index contributed by atoms with van der Waals surface area (Å²) in [4.78, 5) is 15.5. The molecule has 0 radical (unpaired) electrons. The van der Waals surface area contributed by atoms with Crippen molar-refractivity contribution in [3.05, 3.63) is 11.7 Å². The van der Waals surface area contributed by atoms with Crippen molar-refractivity contribution >= 4 is 5.91 Å². The molecule has 1 saturated heterocycles. The van der Waals surface area contributed by atoms with Gasteiger partial charge in [-0.2, -0.15) is 4.98 Å². The zero-order valence-corrected chi connectivity index (χ0v) is 8.52. The Bertz CT molecular complexity index is 344. The molecule has 1 unspecified atom stereocenters. The molecule has 2 heterocycles. The van der Waals surface area contributed by atoms with E-state index in [1.54, 1.807) is 6.92 Å². The highest BCUT2D eigenvalue weighted by molar-refractivity contribution is 5.80. The van der Waals surface area contributed by atoms with Crippen LogP contribution in [0.25, 0.3) is 0 Å². The van der Waals surface area contributed by atoms with Gasteiger partial charge in [0.2, 0.25) is 11.8 Å². The number of nitrogens with zero attached hydrogens (tertiary/aromatic N) is 2. The summed E-state index contributed by atoms with van der Waals surface area (Å²) in [7, 11) is 0. The summed E-state index contributed by atoms with van der Waals surface area (Å²) >= 11 is 0. The summed E-state index contributed by atoms with van der Waals surface area (Å²) in [5, 5.41) is 6.32. The maximum absolute atomic E-state index is 11.5. The molecule has 1 aliphatic rings. The SMILES string of the molecule is Cc1noc(CNC(=O)C2CCCO2)n1. The highest BCUT2D eigenvalue weighted by Crippen LogP contribution is 2.11. The molecule has 1 aliphatic heterocycles. The van der Waals surface area contributed by atoms with E-state index in [-0.39, 0.29) is 18.6 Å². The summed E-state index contributed by atoms with van der Waals surface area (Å²) in [6.07, 6.45) is 1.42. The second-order valence-corrected chi connectivity index (χ2v) is 3.45. The Balaban J connectivity index is 1.80. The van der Waals surface area contributed by atoms with Crippen LogP contribution in [0.5, 0.6) is 0 Å². The molecule has 1 amide bonds. The van der Waals surface area contributed by atoms with E-state index in [1.165, 1.54) is 0 Å². The van der Waals surface area contributed by atoms with Crippen molar-refractivity contribution in [2.24, 2.45) is 0 Å². The summed E-state index contributed by atoms with van der Waals surface area (Å²) in [6.45, 7) is 2.66. The Morgan fingerprint density at radius 2 is 2.53 bits per heavy atom. The third-order valence-electron chi connectivity index (χ3n) is 2.21. The van der Waals surface area contributed by atoms with Crippen LogP contribution in [0.2, 0.25) is 0 Å². The molecule has 6 nitrogen and oxygen atoms in total. The van der Waals surface area contributed by atoms with Crippen LogP contribution in [-0.2, 0) is 16.1 Å². The van der Waals surface area contributed by atoms with Crippen LogP contribution in [0.15, 0.2) is 4.52 Å². The molecule has 1 atom stereocenters. The molecule has 0 aromatic carbocycles. The second-order valence-electron chi connectivity index (χ2n) is 3.45. The van der Waals surface area contributed by atoms with E-state index < -0.39 is 0 Å². The average Bonchev–Trinajstić information content (AvgIpc) is 2.84. The van der Waals surface area contributed by atoms with Crippen LogP contribution in [0, 0.1) is 6.92 Å². The molecule has 0 aliphatic carbocycles. The zero-order chi connectivity index (χ0) is 10.7. The van der Waals surface area contributed by atoms with Gasteiger partial charge in [0.1, 0.15) is 6.10 Å². The first kappa shape index (κ1) is 10.1. The predicted octanol–water partition coefficient (Wildman–Crippen LogP) is 0.173. The molecule has 0 bridgehead atoms. The number of hydrogen-bond acceptors (Lipinski definition) is 5. The molecular formula is C9H13N3O3. The van der Waals surface area contributed by atoms with E-state index in [0.717, 1.165) is 12.8 Å². The smallest absolute Gasteiger partial charge is 0.249 e. The van der Waals surface area contributed by atoms with Crippen molar-refractivity contribution in [3.8, 4) is 0 Å². The van der Waals surface area contributed by atoms with Gasteiger partial charge < -0.3 is 14.6 Å². The minimum Gasteiger partial charge on any atom is -0.368 e. The van der Waals surface area contributed by atoms with Gasteiger partial charge in [-0.3, -0.25) is 4.79 Å². The van der Waals surface area contributed by atoms with E-state index in [1.807, 2.05) is 0 Å². The summed E-state index contributed by atoms with van der Waals surface area (Å²) in [6, 6.07) is 0. The van der Waals surface area contributed by atoms with Crippen molar-refractivity contribution in [1.82, 2.24) is 15.5 Å². The summed E-state index contributed by atoms with van der Waals surface area (Å²) < 4.78 is 10.1. The second kappa shape index (κ2) is 4.39. The van der Waals surface area contributed by atoms with Gasteiger partial charge in [0.25, 0.3) is 0 Å². The topological polar surface area (TPSA) is 77.2 Å². The first-order valence-corrected chi connectivity index (χ1v) is 4.94. The number of aromatic nitrogens is 2. The molecule has 0 spiro atoms. The molecular weight excluding hydrogens is 198 g/mol. The summed E-state index contributed by atoms with van der Waals surface area (Å²) in [5.41, 5.74) is 0. The average molecular weight is 211 g/mol. The molecule has 1 N–H and O–H groups in total. The molecule has 1 fully saturated rings. The highest BCUT2D eigenvalue weighted by Gasteiger charge is 2.23. The molecule has 82 valence electrons. The molecule has 6 heteroatoms. The molecule has 1 aromatic rings. The Morgan fingerprint density at radius 1 is 1.67 bits per heavy atom. The van der Waals surface area contributed by atoms with E-state index in [4.69, 9.17) is 9.26 Å². The van der Waals surface area contributed by atoms with Gasteiger partial charge in [0.15, 0.2) is 5.82 Å². The van der Waals surface area contributed by atoms with Gasteiger partial charge in [-0.1, -0.05) is 5.16 Å². The fraction of sp³-hybridized carbons (Fsp3) is 0.667.